The number of halogens is 2. The molecule has 3 amide bonds. The molecule has 1 fully saturated rings. The van der Waals surface area contributed by atoms with E-state index in [4.69, 9.17) is 14.2 Å². The number of hydrogen-bond acceptors (Lipinski definition) is 7. The molecule has 0 radical (unpaired) electrons. The predicted octanol–water partition coefficient (Wildman–Crippen LogP) is 6.48. The molecule has 11 heteroatoms. The van der Waals surface area contributed by atoms with Crippen LogP contribution in [0, 0.1) is 0 Å². The van der Waals surface area contributed by atoms with Crippen molar-refractivity contribution in [3.63, 3.8) is 0 Å². The first kappa shape index (κ1) is 27.7. The number of amides is 3. The lowest BCUT2D eigenvalue weighted by Gasteiger charge is -2.14. The summed E-state index contributed by atoms with van der Waals surface area (Å²) < 4.78 is 18.2. The summed E-state index contributed by atoms with van der Waals surface area (Å²) in [6, 6.07) is 18.0. The van der Waals surface area contributed by atoms with Crippen molar-refractivity contribution in [2.45, 2.75) is 6.61 Å². The van der Waals surface area contributed by atoms with Crippen molar-refractivity contribution in [3.8, 4) is 17.2 Å². The van der Waals surface area contributed by atoms with Gasteiger partial charge in [-0.15, -0.1) is 0 Å². The van der Waals surface area contributed by atoms with Crippen LogP contribution in [0.1, 0.15) is 11.1 Å². The molecule has 8 nitrogen and oxygen atoms in total. The van der Waals surface area contributed by atoms with Crippen LogP contribution in [0.25, 0.3) is 6.08 Å². The molecule has 0 bridgehead atoms. The Balaban J connectivity index is 1.44. The van der Waals surface area contributed by atoms with Gasteiger partial charge in [-0.25, -0.2) is 0 Å². The van der Waals surface area contributed by atoms with E-state index < -0.39 is 23.6 Å². The van der Waals surface area contributed by atoms with E-state index in [0.29, 0.717) is 39.6 Å². The molecular weight excluding hydrogens is 640 g/mol. The Kier molecular flexibility index (Phi) is 9.13. The first-order valence-corrected chi connectivity index (χ1v) is 13.6. The third kappa shape index (κ3) is 6.77. The minimum Gasteiger partial charge on any atom is -0.497 e. The van der Waals surface area contributed by atoms with Crippen LogP contribution < -0.4 is 19.5 Å². The van der Waals surface area contributed by atoms with Crippen LogP contribution in [0.15, 0.2) is 74.5 Å². The van der Waals surface area contributed by atoms with E-state index in [-0.39, 0.29) is 4.91 Å². The predicted molar refractivity (Wildman–Crippen MR) is 153 cm³/mol. The summed E-state index contributed by atoms with van der Waals surface area (Å²) in [6.45, 7) is -0.0665. The van der Waals surface area contributed by atoms with Crippen molar-refractivity contribution >= 4 is 72.4 Å². The van der Waals surface area contributed by atoms with Crippen molar-refractivity contribution in [3.05, 3.63) is 85.6 Å². The number of methoxy groups -OCH3 is 2. The summed E-state index contributed by atoms with van der Waals surface area (Å²) >= 11 is 7.70. The lowest BCUT2D eigenvalue weighted by Crippen LogP contribution is -2.36. The Hall–Kier alpha value is -3.28. The van der Waals surface area contributed by atoms with E-state index >= 15 is 0 Å². The van der Waals surface area contributed by atoms with E-state index in [2.05, 4.69) is 37.2 Å². The number of nitrogens with zero attached hydrogens (tertiary/aromatic N) is 1. The van der Waals surface area contributed by atoms with E-state index in [1.807, 2.05) is 24.3 Å². The number of anilines is 1. The molecule has 38 heavy (non-hydrogen) atoms. The molecule has 1 saturated heterocycles. The molecule has 1 heterocycles. The first-order chi connectivity index (χ1) is 18.3. The van der Waals surface area contributed by atoms with Gasteiger partial charge < -0.3 is 19.5 Å². The summed E-state index contributed by atoms with van der Waals surface area (Å²) in [5.41, 5.74) is 2.13. The topological polar surface area (TPSA) is 94.2 Å². The average Bonchev–Trinajstić information content (AvgIpc) is 3.16. The Morgan fingerprint density at radius 3 is 2.37 bits per heavy atom. The maximum absolute atomic E-state index is 12.9. The molecular formula is C27H22Br2N2O6S. The normalized spacial score (nSPS) is 14.1. The summed E-state index contributed by atoms with van der Waals surface area (Å²) in [4.78, 5) is 39.0. The monoisotopic (exact) mass is 660 g/mol. The van der Waals surface area contributed by atoms with Gasteiger partial charge in [0, 0.05) is 10.2 Å². The van der Waals surface area contributed by atoms with Gasteiger partial charge in [-0.2, -0.15) is 0 Å². The van der Waals surface area contributed by atoms with Gasteiger partial charge in [0.25, 0.3) is 11.1 Å². The molecule has 0 spiro atoms. The van der Waals surface area contributed by atoms with Crippen LogP contribution in [-0.2, 0) is 16.2 Å². The lowest BCUT2D eigenvalue weighted by atomic mass is 10.1. The fourth-order valence-electron chi connectivity index (χ4n) is 3.51. The molecule has 0 aromatic heterocycles. The molecule has 3 aromatic carbocycles. The zero-order chi connectivity index (χ0) is 27.2. The van der Waals surface area contributed by atoms with Crippen LogP contribution in [0.2, 0.25) is 0 Å². The largest absolute Gasteiger partial charge is 0.497 e. The maximum atomic E-state index is 12.9. The van der Waals surface area contributed by atoms with E-state index in [9.17, 15) is 14.4 Å². The number of imide groups is 1. The number of hydrogen-bond donors (Lipinski definition) is 1. The maximum Gasteiger partial charge on any atom is 0.294 e. The smallest absolute Gasteiger partial charge is 0.294 e. The van der Waals surface area contributed by atoms with Crippen LogP contribution in [0.4, 0.5) is 10.5 Å². The van der Waals surface area contributed by atoms with Gasteiger partial charge in [-0.05, 0) is 93.4 Å². The lowest BCUT2D eigenvalue weighted by molar-refractivity contribution is -0.127. The number of rotatable bonds is 9. The molecule has 0 atom stereocenters. The van der Waals surface area contributed by atoms with Gasteiger partial charge in [0.05, 0.1) is 23.6 Å². The van der Waals surface area contributed by atoms with Gasteiger partial charge in [0.2, 0.25) is 5.91 Å². The Bertz CT molecular complexity index is 1390. The average molecular weight is 662 g/mol. The summed E-state index contributed by atoms with van der Waals surface area (Å²) in [5, 5.41) is 2.15. The molecule has 3 aromatic rings. The highest BCUT2D eigenvalue weighted by molar-refractivity contribution is 9.10. The Morgan fingerprint density at radius 2 is 1.71 bits per heavy atom. The Morgan fingerprint density at radius 1 is 1.00 bits per heavy atom. The number of carbonyl (C=O) groups is 3. The van der Waals surface area contributed by atoms with Gasteiger partial charge in [0.15, 0.2) is 11.5 Å². The van der Waals surface area contributed by atoms with Crippen molar-refractivity contribution in [1.29, 1.82) is 0 Å². The molecule has 196 valence electrons. The van der Waals surface area contributed by atoms with Crippen LogP contribution in [-0.4, -0.2) is 42.7 Å². The number of benzene rings is 3. The molecule has 0 unspecified atom stereocenters. The second kappa shape index (κ2) is 12.5. The molecule has 0 saturated carbocycles. The highest BCUT2D eigenvalue weighted by Crippen LogP contribution is 2.39. The zero-order valence-corrected chi connectivity index (χ0v) is 24.3. The third-order valence-corrected chi connectivity index (χ3v) is 7.42. The molecule has 1 N–H and O–H groups in total. The second-order valence-corrected chi connectivity index (χ2v) is 10.8. The van der Waals surface area contributed by atoms with Crippen molar-refractivity contribution in [2.24, 2.45) is 0 Å². The highest BCUT2D eigenvalue weighted by atomic mass is 79.9. The standard InChI is InChI=1S/C27H22Br2N2O6S/c1-35-20-9-7-19(8-10-20)30-24(32)14-31-26(33)23(38-27(31)34)13-17-11-21(29)25(22(12-17)36-2)37-15-16-3-5-18(28)6-4-16/h3-13H,14-15H2,1-2H3,(H,30,32)/b23-13+. The van der Waals surface area contributed by atoms with Crippen LogP contribution in [0.3, 0.4) is 0 Å². The van der Waals surface area contributed by atoms with Gasteiger partial charge in [-0.1, -0.05) is 28.1 Å². The third-order valence-electron chi connectivity index (χ3n) is 5.40. The number of thioether (sulfide) groups is 1. The van der Waals surface area contributed by atoms with E-state index in [1.54, 1.807) is 49.6 Å². The minimum absolute atomic E-state index is 0.199. The summed E-state index contributed by atoms with van der Waals surface area (Å²) in [5.74, 6) is 0.578. The fraction of sp³-hybridized carbons (Fsp3) is 0.148. The Labute approximate surface area is 240 Å². The molecule has 0 aliphatic carbocycles. The quantitative estimate of drug-likeness (QED) is 0.262. The summed E-state index contributed by atoms with van der Waals surface area (Å²) in [6.07, 6.45) is 1.58. The number of nitrogens with one attached hydrogen (secondary N) is 1. The summed E-state index contributed by atoms with van der Waals surface area (Å²) in [7, 11) is 3.07. The van der Waals surface area contributed by atoms with Gasteiger partial charge in [0.1, 0.15) is 18.9 Å². The van der Waals surface area contributed by atoms with Crippen molar-refractivity contribution in [2.75, 3.05) is 26.1 Å². The van der Waals surface area contributed by atoms with E-state index in [0.717, 1.165) is 26.7 Å². The molecule has 1 aliphatic heterocycles. The first-order valence-electron chi connectivity index (χ1n) is 11.2. The SMILES string of the molecule is COc1ccc(NC(=O)CN2C(=O)S/C(=C/c3cc(Br)c(OCc4ccc(Br)cc4)c(OC)c3)C2=O)cc1. The van der Waals surface area contributed by atoms with Gasteiger partial charge >= 0.3 is 0 Å². The van der Waals surface area contributed by atoms with Crippen LogP contribution >= 0.6 is 43.6 Å². The number of carbonyl (C=O) groups excluding carboxylic acids is 3. The van der Waals surface area contributed by atoms with E-state index in [1.165, 1.54) is 7.11 Å². The highest BCUT2D eigenvalue weighted by Gasteiger charge is 2.36. The van der Waals surface area contributed by atoms with Crippen molar-refractivity contribution < 1.29 is 28.6 Å². The number of ether oxygens (including phenoxy) is 3. The minimum atomic E-state index is -0.546. The van der Waals surface area contributed by atoms with Crippen LogP contribution in [0.5, 0.6) is 17.2 Å². The zero-order valence-electron chi connectivity index (χ0n) is 20.3. The fourth-order valence-corrected chi connectivity index (χ4v) is 5.18. The van der Waals surface area contributed by atoms with Crippen molar-refractivity contribution in [1.82, 2.24) is 4.90 Å². The molecule has 1 aliphatic rings. The molecule has 4 rings (SSSR count). The van der Waals surface area contributed by atoms with Gasteiger partial charge in [-0.3, -0.25) is 19.3 Å². The second-order valence-electron chi connectivity index (χ2n) is 7.99.